The van der Waals surface area contributed by atoms with E-state index in [-0.39, 0.29) is 16.0 Å². The lowest BCUT2D eigenvalue weighted by Crippen LogP contribution is -2.24. The Kier molecular flexibility index (Phi) is 5.28. The number of aliphatic imine (C=N–C) groups is 1. The lowest BCUT2D eigenvalue weighted by atomic mass is 10.1. The minimum absolute atomic E-state index is 0.165. The van der Waals surface area contributed by atoms with Crippen LogP contribution in [0.3, 0.4) is 0 Å². The number of aryl methyl sites for hydroxylation is 1. The fourth-order valence-corrected chi connectivity index (χ4v) is 3.79. The van der Waals surface area contributed by atoms with Crippen molar-refractivity contribution in [2.45, 2.75) is 16.7 Å². The highest BCUT2D eigenvalue weighted by Crippen LogP contribution is 2.32. The maximum Gasteiger partial charge on any atom is 0.289 e. The maximum atomic E-state index is 12.8. The Morgan fingerprint density at radius 2 is 1.77 bits per heavy atom. The molecule has 136 valence electrons. The number of hydrogen-bond donors (Lipinski definition) is 2. The van der Waals surface area contributed by atoms with Crippen LogP contribution in [0.5, 0.6) is 0 Å². The zero-order valence-electron chi connectivity index (χ0n) is 13.3. The molecule has 0 fully saturated rings. The number of nitro benzene ring substituents is 1. The predicted octanol–water partition coefficient (Wildman–Crippen LogP) is 1.80. The predicted molar refractivity (Wildman–Crippen MR) is 94.9 cm³/mol. The molecule has 4 N–H and O–H groups in total. The summed E-state index contributed by atoms with van der Waals surface area (Å²) in [6.45, 7) is 1.42. The fraction of sp³-hybridized carbons (Fsp3) is 0.0667. The Balaban J connectivity index is 2.72. The summed E-state index contributed by atoms with van der Waals surface area (Å²) >= 11 is 5.74. The van der Waals surface area contributed by atoms with Gasteiger partial charge in [-0.25, -0.2) is 8.42 Å². The summed E-state index contributed by atoms with van der Waals surface area (Å²) in [5.41, 5.74) is 9.49. The molecule has 0 saturated heterocycles. The molecular weight excluding hydrogens is 384 g/mol. The van der Waals surface area contributed by atoms with E-state index in [2.05, 4.69) is 4.99 Å². The highest BCUT2D eigenvalue weighted by Gasteiger charge is 2.30. The van der Waals surface area contributed by atoms with Gasteiger partial charge in [-0.3, -0.25) is 14.9 Å². The van der Waals surface area contributed by atoms with E-state index in [1.807, 2.05) is 0 Å². The molecule has 0 aliphatic heterocycles. The van der Waals surface area contributed by atoms with Crippen LogP contribution in [-0.2, 0) is 9.84 Å². The van der Waals surface area contributed by atoms with Gasteiger partial charge in [0.2, 0.25) is 9.84 Å². The Morgan fingerprint density at radius 1 is 1.19 bits per heavy atom. The fourth-order valence-electron chi connectivity index (χ4n) is 2.18. The van der Waals surface area contributed by atoms with E-state index >= 15 is 0 Å². The van der Waals surface area contributed by atoms with Crippen LogP contribution in [0.15, 0.2) is 51.2 Å². The van der Waals surface area contributed by atoms with Crippen molar-refractivity contribution < 1.29 is 18.1 Å². The topological polar surface area (TPSA) is 159 Å². The van der Waals surface area contributed by atoms with Gasteiger partial charge in [-0.2, -0.15) is 4.99 Å². The number of nitrogens with zero attached hydrogens (tertiary/aromatic N) is 2. The van der Waals surface area contributed by atoms with Crippen LogP contribution >= 0.6 is 11.6 Å². The highest BCUT2D eigenvalue weighted by atomic mass is 35.5. The number of nitro groups is 1. The first-order valence-corrected chi connectivity index (χ1v) is 8.84. The number of carbonyl (C=O) groups excluding carboxylic acids is 1. The number of amides is 1. The molecule has 0 aromatic heterocycles. The number of carbonyl (C=O) groups is 1. The average molecular weight is 397 g/mol. The smallest absolute Gasteiger partial charge is 0.289 e. The van der Waals surface area contributed by atoms with Gasteiger partial charge in [-0.1, -0.05) is 11.6 Å². The van der Waals surface area contributed by atoms with Crippen molar-refractivity contribution >= 4 is 39.0 Å². The minimum atomic E-state index is -4.22. The third-order valence-corrected chi connectivity index (χ3v) is 5.43. The number of benzene rings is 2. The summed E-state index contributed by atoms with van der Waals surface area (Å²) in [4.78, 5) is 25.1. The van der Waals surface area contributed by atoms with Gasteiger partial charge in [0, 0.05) is 11.1 Å². The first-order valence-electron chi connectivity index (χ1n) is 6.97. The average Bonchev–Trinajstić information content (AvgIpc) is 2.53. The number of hydrogen-bond acceptors (Lipinski definition) is 5. The van der Waals surface area contributed by atoms with Crippen molar-refractivity contribution in [1.29, 1.82) is 0 Å². The van der Waals surface area contributed by atoms with E-state index in [4.69, 9.17) is 23.1 Å². The monoisotopic (exact) mass is 396 g/mol. The van der Waals surface area contributed by atoms with Crippen LogP contribution in [0.25, 0.3) is 0 Å². The van der Waals surface area contributed by atoms with Crippen LogP contribution in [0.2, 0.25) is 5.02 Å². The largest absolute Gasteiger partial charge is 0.370 e. The second kappa shape index (κ2) is 7.10. The molecule has 0 heterocycles. The van der Waals surface area contributed by atoms with Gasteiger partial charge in [-0.05, 0) is 42.8 Å². The van der Waals surface area contributed by atoms with E-state index in [0.717, 1.165) is 12.1 Å². The number of nitrogens with two attached hydrogens (primary N) is 2. The van der Waals surface area contributed by atoms with Gasteiger partial charge >= 0.3 is 0 Å². The van der Waals surface area contributed by atoms with Gasteiger partial charge in [-0.15, -0.1) is 0 Å². The lowest BCUT2D eigenvalue weighted by Gasteiger charge is -2.09. The van der Waals surface area contributed by atoms with E-state index in [1.165, 1.54) is 31.2 Å². The van der Waals surface area contributed by atoms with Gasteiger partial charge in [0.15, 0.2) is 5.96 Å². The van der Waals surface area contributed by atoms with Crippen molar-refractivity contribution in [1.82, 2.24) is 0 Å². The molecule has 0 radical (unpaired) electrons. The third-order valence-electron chi connectivity index (χ3n) is 3.38. The number of rotatable bonds is 4. The van der Waals surface area contributed by atoms with Crippen LogP contribution in [0.1, 0.15) is 15.9 Å². The molecule has 0 bridgehead atoms. The summed E-state index contributed by atoms with van der Waals surface area (Å²) in [6, 6.07) is 7.04. The second-order valence-corrected chi connectivity index (χ2v) is 7.55. The van der Waals surface area contributed by atoms with Crippen LogP contribution < -0.4 is 11.5 Å². The van der Waals surface area contributed by atoms with Crippen molar-refractivity contribution in [2.75, 3.05) is 0 Å². The molecule has 26 heavy (non-hydrogen) atoms. The van der Waals surface area contributed by atoms with Crippen molar-refractivity contribution in [3.05, 3.63) is 62.7 Å². The Bertz CT molecular complexity index is 1030. The molecule has 0 aliphatic carbocycles. The first-order chi connectivity index (χ1) is 12.0. The molecule has 0 unspecified atom stereocenters. The molecular formula is C15H13ClN4O5S. The van der Waals surface area contributed by atoms with Gasteiger partial charge < -0.3 is 11.5 Å². The van der Waals surface area contributed by atoms with E-state index in [1.54, 1.807) is 0 Å². The summed E-state index contributed by atoms with van der Waals surface area (Å²) in [5.74, 6) is -1.43. The second-order valence-electron chi connectivity index (χ2n) is 5.19. The molecule has 11 heteroatoms. The van der Waals surface area contributed by atoms with Crippen LogP contribution in [0.4, 0.5) is 5.69 Å². The van der Waals surface area contributed by atoms with Crippen molar-refractivity contribution in [2.24, 2.45) is 16.5 Å². The van der Waals surface area contributed by atoms with E-state index < -0.39 is 37.2 Å². The summed E-state index contributed by atoms with van der Waals surface area (Å²) in [5, 5.41) is 11.7. The van der Waals surface area contributed by atoms with Gasteiger partial charge in [0.25, 0.3) is 11.6 Å². The summed E-state index contributed by atoms with van der Waals surface area (Å²) in [6.07, 6.45) is 0. The Morgan fingerprint density at radius 3 is 2.27 bits per heavy atom. The molecule has 2 aromatic rings. The zero-order valence-corrected chi connectivity index (χ0v) is 14.9. The van der Waals surface area contributed by atoms with Crippen LogP contribution in [0, 0.1) is 17.0 Å². The summed E-state index contributed by atoms with van der Waals surface area (Å²) < 4.78 is 25.6. The van der Waals surface area contributed by atoms with E-state index in [0.29, 0.717) is 5.02 Å². The number of guanidine groups is 1. The number of sulfone groups is 1. The standard InChI is InChI=1S/C15H13ClN4O5S/c1-8-6-13(26(24,25)10-4-2-9(16)3-5-10)12(20(22)23)7-11(8)14(21)19-15(17)18/h2-7H,1H3,(H4,17,18,19,21). The van der Waals surface area contributed by atoms with E-state index in [9.17, 15) is 23.3 Å². The van der Waals surface area contributed by atoms with Gasteiger partial charge in [0.05, 0.1) is 15.4 Å². The first kappa shape index (κ1) is 19.3. The summed E-state index contributed by atoms with van der Waals surface area (Å²) in [7, 11) is -4.22. The van der Waals surface area contributed by atoms with Crippen molar-refractivity contribution in [3.8, 4) is 0 Å². The zero-order chi connectivity index (χ0) is 19.6. The lowest BCUT2D eigenvalue weighted by molar-refractivity contribution is -0.387. The SMILES string of the molecule is Cc1cc(S(=O)(=O)c2ccc(Cl)cc2)c([N+](=O)[O-])cc1C(=O)N=C(N)N. The molecule has 2 rings (SSSR count). The molecule has 0 spiro atoms. The Hall–Kier alpha value is -2.98. The minimum Gasteiger partial charge on any atom is -0.370 e. The molecule has 1 amide bonds. The highest BCUT2D eigenvalue weighted by molar-refractivity contribution is 7.91. The molecule has 2 aromatic carbocycles. The number of halogens is 1. The molecule has 0 saturated carbocycles. The third kappa shape index (κ3) is 3.81. The maximum absolute atomic E-state index is 12.8. The molecule has 0 atom stereocenters. The van der Waals surface area contributed by atoms with Crippen LogP contribution in [-0.4, -0.2) is 25.2 Å². The van der Waals surface area contributed by atoms with Crippen molar-refractivity contribution in [3.63, 3.8) is 0 Å². The Labute approximate surface area is 153 Å². The quantitative estimate of drug-likeness (QED) is 0.345. The molecule has 0 aliphatic rings. The van der Waals surface area contributed by atoms with Gasteiger partial charge in [0.1, 0.15) is 4.90 Å². The normalized spacial score (nSPS) is 11.0. The molecule has 9 nitrogen and oxygen atoms in total.